The van der Waals surface area contributed by atoms with Gasteiger partial charge in [0, 0.05) is 34.8 Å². The Morgan fingerprint density at radius 2 is 1.88 bits per heavy atom. The number of rotatable bonds is 6. The molecule has 0 saturated heterocycles. The number of aryl methyl sites for hydroxylation is 1. The summed E-state index contributed by atoms with van der Waals surface area (Å²) in [6.07, 6.45) is 1.82. The average Bonchev–Trinajstić information content (AvgIpc) is 3.04. The van der Waals surface area contributed by atoms with Crippen LogP contribution in [0.25, 0.3) is 10.9 Å². The highest BCUT2D eigenvalue weighted by molar-refractivity contribution is 6.04. The largest absolute Gasteiger partial charge is 0.496 e. The standard InChI is InChI=1S/C21H21NO4/c1-4-22-12-18(17-7-5-6-8-19(17)22)21(24)26-13-16-11-15(14(2)23)9-10-20(16)25-3/h5-12H,4,13H2,1-3H3. The van der Waals surface area contributed by atoms with Crippen molar-refractivity contribution in [3.8, 4) is 5.75 Å². The van der Waals surface area contributed by atoms with Crippen molar-refractivity contribution in [1.29, 1.82) is 0 Å². The number of hydrogen-bond acceptors (Lipinski definition) is 4. The molecule has 5 nitrogen and oxygen atoms in total. The molecule has 0 amide bonds. The Balaban J connectivity index is 1.86. The van der Waals surface area contributed by atoms with E-state index < -0.39 is 5.97 Å². The van der Waals surface area contributed by atoms with E-state index in [9.17, 15) is 9.59 Å². The summed E-state index contributed by atoms with van der Waals surface area (Å²) >= 11 is 0. The molecule has 2 aromatic carbocycles. The Bertz CT molecular complexity index is 971. The van der Waals surface area contributed by atoms with Crippen LogP contribution in [0, 0.1) is 0 Å². The first-order valence-corrected chi connectivity index (χ1v) is 8.48. The first kappa shape index (κ1) is 17.7. The minimum Gasteiger partial charge on any atom is -0.496 e. The summed E-state index contributed by atoms with van der Waals surface area (Å²) in [6, 6.07) is 12.8. The van der Waals surface area contributed by atoms with Crippen LogP contribution in [0.15, 0.2) is 48.7 Å². The fourth-order valence-corrected chi connectivity index (χ4v) is 3.00. The summed E-state index contributed by atoms with van der Waals surface area (Å²) in [6.45, 7) is 4.33. The number of fused-ring (bicyclic) bond motifs is 1. The molecule has 0 atom stereocenters. The van der Waals surface area contributed by atoms with Gasteiger partial charge in [0.1, 0.15) is 12.4 Å². The van der Waals surface area contributed by atoms with Crippen LogP contribution in [0.4, 0.5) is 0 Å². The first-order valence-electron chi connectivity index (χ1n) is 8.48. The number of nitrogens with zero attached hydrogens (tertiary/aromatic N) is 1. The molecule has 0 aliphatic rings. The van der Waals surface area contributed by atoms with E-state index >= 15 is 0 Å². The lowest BCUT2D eigenvalue weighted by molar-refractivity contribution is 0.0472. The van der Waals surface area contributed by atoms with E-state index in [0.29, 0.717) is 22.4 Å². The highest BCUT2D eigenvalue weighted by Gasteiger charge is 2.17. The monoisotopic (exact) mass is 351 g/mol. The van der Waals surface area contributed by atoms with Gasteiger partial charge in [-0.05, 0) is 38.1 Å². The van der Waals surface area contributed by atoms with Crippen molar-refractivity contribution in [1.82, 2.24) is 4.57 Å². The molecule has 0 spiro atoms. The predicted octanol–water partition coefficient (Wildman–Crippen LogP) is 4.23. The fraction of sp³-hybridized carbons (Fsp3) is 0.238. The van der Waals surface area contributed by atoms with Gasteiger partial charge in [0.2, 0.25) is 0 Å². The van der Waals surface area contributed by atoms with E-state index in [1.807, 2.05) is 42.0 Å². The second-order valence-corrected chi connectivity index (χ2v) is 6.00. The zero-order valence-corrected chi connectivity index (χ0v) is 15.1. The van der Waals surface area contributed by atoms with Gasteiger partial charge in [0.05, 0.1) is 12.7 Å². The zero-order valence-electron chi connectivity index (χ0n) is 15.1. The lowest BCUT2D eigenvalue weighted by Crippen LogP contribution is -2.06. The van der Waals surface area contributed by atoms with Gasteiger partial charge in [-0.1, -0.05) is 18.2 Å². The van der Waals surface area contributed by atoms with Gasteiger partial charge in [-0.2, -0.15) is 0 Å². The molecule has 26 heavy (non-hydrogen) atoms. The Hall–Kier alpha value is -3.08. The van der Waals surface area contributed by atoms with Crippen molar-refractivity contribution in [2.24, 2.45) is 0 Å². The molecule has 5 heteroatoms. The quantitative estimate of drug-likeness (QED) is 0.493. The molecule has 134 valence electrons. The van der Waals surface area contributed by atoms with Crippen molar-refractivity contribution in [3.63, 3.8) is 0 Å². The van der Waals surface area contributed by atoms with Gasteiger partial charge in [-0.25, -0.2) is 4.79 Å². The summed E-state index contributed by atoms with van der Waals surface area (Å²) < 4.78 is 12.8. The summed E-state index contributed by atoms with van der Waals surface area (Å²) in [5.41, 5.74) is 2.74. The zero-order chi connectivity index (χ0) is 18.7. The average molecular weight is 351 g/mol. The van der Waals surface area contributed by atoms with Crippen molar-refractivity contribution in [3.05, 3.63) is 65.4 Å². The lowest BCUT2D eigenvalue weighted by Gasteiger charge is -2.10. The number of benzene rings is 2. The maximum absolute atomic E-state index is 12.6. The molecule has 1 aromatic heterocycles. The summed E-state index contributed by atoms with van der Waals surface area (Å²) in [4.78, 5) is 24.2. The smallest absolute Gasteiger partial charge is 0.340 e. The Morgan fingerprint density at radius 1 is 1.12 bits per heavy atom. The molecule has 3 aromatic rings. The van der Waals surface area contributed by atoms with Gasteiger partial charge < -0.3 is 14.0 Å². The second kappa shape index (κ2) is 7.44. The number of carbonyl (C=O) groups excluding carboxylic acids is 2. The Kier molecular flexibility index (Phi) is 5.07. The molecule has 0 unspecified atom stereocenters. The summed E-state index contributed by atoms with van der Waals surface area (Å²) in [5.74, 6) is 0.133. The van der Waals surface area contributed by atoms with E-state index in [1.165, 1.54) is 6.92 Å². The molecule has 0 fully saturated rings. The number of esters is 1. The van der Waals surface area contributed by atoms with Gasteiger partial charge in [0.15, 0.2) is 5.78 Å². The minimum absolute atomic E-state index is 0.0365. The second-order valence-electron chi connectivity index (χ2n) is 6.00. The number of ether oxygens (including phenoxy) is 2. The van der Waals surface area contributed by atoms with Gasteiger partial charge in [-0.15, -0.1) is 0 Å². The molecule has 0 bridgehead atoms. The third-order valence-corrected chi connectivity index (χ3v) is 4.39. The van der Waals surface area contributed by atoms with Gasteiger partial charge in [-0.3, -0.25) is 4.79 Å². The Morgan fingerprint density at radius 3 is 2.58 bits per heavy atom. The SMILES string of the molecule is CCn1cc(C(=O)OCc2cc(C(C)=O)ccc2OC)c2ccccc21. The lowest BCUT2D eigenvalue weighted by atomic mass is 10.1. The van der Waals surface area contributed by atoms with Crippen LogP contribution in [-0.4, -0.2) is 23.4 Å². The fourth-order valence-electron chi connectivity index (χ4n) is 3.00. The third kappa shape index (κ3) is 3.33. The van der Waals surface area contributed by atoms with Crippen LogP contribution in [0.3, 0.4) is 0 Å². The normalized spacial score (nSPS) is 10.7. The summed E-state index contributed by atoms with van der Waals surface area (Å²) in [5, 5.41) is 0.865. The highest BCUT2D eigenvalue weighted by atomic mass is 16.5. The molecular formula is C21H21NO4. The predicted molar refractivity (Wildman–Crippen MR) is 99.7 cm³/mol. The van der Waals surface area contributed by atoms with Crippen LogP contribution in [0.2, 0.25) is 0 Å². The van der Waals surface area contributed by atoms with E-state index in [-0.39, 0.29) is 12.4 Å². The number of Topliss-reactive ketones (excluding diaryl/α,β-unsaturated/α-hetero) is 1. The first-order chi connectivity index (χ1) is 12.5. The molecule has 0 aliphatic heterocycles. The van der Waals surface area contributed by atoms with Gasteiger partial charge >= 0.3 is 5.97 Å². The van der Waals surface area contributed by atoms with Crippen molar-refractivity contribution in [2.45, 2.75) is 27.0 Å². The van der Waals surface area contributed by atoms with Crippen molar-refractivity contribution < 1.29 is 19.1 Å². The highest BCUT2D eigenvalue weighted by Crippen LogP contribution is 2.24. The van der Waals surface area contributed by atoms with Crippen molar-refractivity contribution in [2.75, 3.05) is 7.11 Å². The van der Waals surface area contributed by atoms with Crippen LogP contribution in [0.5, 0.6) is 5.75 Å². The molecule has 3 rings (SSSR count). The number of ketones is 1. The van der Waals surface area contributed by atoms with Crippen molar-refractivity contribution >= 4 is 22.7 Å². The molecule has 0 saturated carbocycles. The van der Waals surface area contributed by atoms with Gasteiger partial charge in [0.25, 0.3) is 0 Å². The number of aromatic nitrogens is 1. The minimum atomic E-state index is -0.399. The number of para-hydroxylation sites is 1. The van der Waals surface area contributed by atoms with E-state index in [2.05, 4.69) is 0 Å². The van der Waals surface area contributed by atoms with Crippen LogP contribution < -0.4 is 4.74 Å². The summed E-state index contributed by atoms with van der Waals surface area (Å²) in [7, 11) is 1.54. The third-order valence-electron chi connectivity index (χ3n) is 4.39. The number of hydrogen-bond donors (Lipinski definition) is 0. The molecular weight excluding hydrogens is 330 g/mol. The van der Waals surface area contributed by atoms with Crippen LogP contribution in [0.1, 0.15) is 40.1 Å². The van der Waals surface area contributed by atoms with Crippen LogP contribution in [-0.2, 0) is 17.9 Å². The Labute approximate surface area is 152 Å². The number of methoxy groups -OCH3 is 1. The molecule has 1 heterocycles. The molecule has 0 aliphatic carbocycles. The molecule has 0 radical (unpaired) electrons. The maximum Gasteiger partial charge on any atom is 0.340 e. The van der Waals surface area contributed by atoms with E-state index in [1.54, 1.807) is 25.3 Å². The topological polar surface area (TPSA) is 57.5 Å². The van der Waals surface area contributed by atoms with E-state index in [0.717, 1.165) is 17.4 Å². The van der Waals surface area contributed by atoms with E-state index in [4.69, 9.17) is 9.47 Å². The number of carbonyl (C=O) groups is 2. The van der Waals surface area contributed by atoms with Crippen LogP contribution >= 0.6 is 0 Å². The maximum atomic E-state index is 12.6. The molecule has 0 N–H and O–H groups in total.